The maximum absolute atomic E-state index is 12.6. The largest absolute Gasteiger partial charge is 0.480 e. The second-order valence-corrected chi connectivity index (χ2v) is 18.8. The third kappa shape index (κ3) is 18.7. The molecule has 7 rings (SSSR count). The Labute approximate surface area is 433 Å². The molecule has 1 aromatic heterocycles. The third-order valence-corrected chi connectivity index (χ3v) is 13.6. The summed E-state index contributed by atoms with van der Waals surface area (Å²) in [6.45, 7) is 15.9. The van der Waals surface area contributed by atoms with Crippen molar-refractivity contribution in [2.24, 2.45) is 0 Å². The van der Waals surface area contributed by atoms with Crippen LogP contribution in [0.15, 0.2) is 49.1 Å². The summed E-state index contributed by atoms with van der Waals surface area (Å²) in [4.78, 5) is 84.0. The molecule has 4 N–H and O–H groups in total. The minimum absolute atomic E-state index is 0.0265. The van der Waals surface area contributed by atoms with Crippen molar-refractivity contribution >= 4 is 63.6 Å². The average Bonchev–Trinajstić information content (AvgIpc) is 3.90. The number of nitrogens with one attached hydrogen (secondary N) is 1. The number of anilines is 2. The first-order chi connectivity index (χ1) is 35.2. The van der Waals surface area contributed by atoms with Crippen LogP contribution in [0.5, 0.6) is 6.01 Å². The highest BCUT2D eigenvalue weighted by Gasteiger charge is 2.29. The van der Waals surface area contributed by atoms with Gasteiger partial charge in [0.05, 0.1) is 56.6 Å². The summed E-state index contributed by atoms with van der Waals surface area (Å²) in [5.41, 5.74) is 3.23. The van der Waals surface area contributed by atoms with Gasteiger partial charge in [0.25, 0.3) is 0 Å². The number of benzene rings is 2. The Morgan fingerprint density at radius 2 is 1.26 bits per heavy atom. The number of nitrogens with zero attached hydrogens (tertiary/aromatic N) is 11. The number of hydrogen-bond donors (Lipinski definition) is 4. The smallest absolute Gasteiger partial charge is 0.318 e. The topological polar surface area (TPSA) is 243 Å². The van der Waals surface area contributed by atoms with E-state index in [9.17, 15) is 39.3 Å². The number of likely N-dealkylation sites (tertiary alicyclic amines) is 1. The number of amides is 2. The number of carboxylic acids is 3. The van der Waals surface area contributed by atoms with Gasteiger partial charge in [-0.3, -0.25) is 43.6 Å². The third-order valence-electron chi connectivity index (χ3n) is 13.2. The minimum atomic E-state index is -0.991. The van der Waals surface area contributed by atoms with Crippen molar-refractivity contribution in [3.63, 3.8) is 0 Å². The van der Waals surface area contributed by atoms with Crippen LogP contribution in [0, 0.1) is 11.3 Å². The van der Waals surface area contributed by atoms with Crippen LogP contribution in [0.4, 0.5) is 11.5 Å². The van der Waals surface area contributed by atoms with Crippen LogP contribution in [0.3, 0.4) is 0 Å². The molecule has 2 amide bonds. The average molecular weight is 1030 g/mol. The molecule has 0 atom stereocenters. The Balaban J connectivity index is 0.000000258. The molecule has 0 spiro atoms. The van der Waals surface area contributed by atoms with Crippen molar-refractivity contribution in [2.45, 2.75) is 45.6 Å². The Morgan fingerprint density at radius 3 is 1.78 bits per heavy atom. The molecule has 73 heavy (non-hydrogen) atoms. The number of unbranched alkanes of at least 4 members (excludes halogenated alkanes) is 1. The molecule has 5 heterocycles. The summed E-state index contributed by atoms with van der Waals surface area (Å²) in [6.07, 6.45) is 6.67. The lowest BCUT2D eigenvalue weighted by Crippen LogP contribution is -2.49. The molecule has 3 aromatic rings. The second-order valence-electron chi connectivity index (χ2n) is 18.4. The maximum atomic E-state index is 12.6. The molecule has 21 nitrogen and oxygen atoms in total. The number of rotatable bonds is 17. The highest BCUT2D eigenvalue weighted by atomic mass is 35.5. The number of carbonyl (C=O) groups is 5. The number of ether oxygens (including phenoxy) is 1. The van der Waals surface area contributed by atoms with Crippen molar-refractivity contribution in [3.8, 4) is 12.1 Å². The summed E-state index contributed by atoms with van der Waals surface area (Å²) in [6, 6.07) is 14.4. The lowest BCUT2D eigenvalue weighted by molar-refractivity contribution is -0.140. The molecule has 0 unspecified atom stereocenters. The van der Waals surface area contributed by atoms with Crippen molar-refractivity contribution in [2.75, 3.05) is 154 Å². The van der Waals surface area contributed by atoms with Crippen LogP contribution in [0.2, 0.25) is 5.02 Å². The minimum Gasteiger partial charge on any atom is -0.480 e. The number of carbonyl (C=O) groups excluding carboxylic acids is 2. The normalized spacial score (nSPS) is 17.6. The number of piperazine rings is 1. The number of aromatic nitrogens is 2. The second kappa shape index (κ2) is 30.1. The first-order valence-electron chi connectivity index (χ1n) is 25.1. The van der Waals surface area contributed by atoms with E-state index in [1.54, 1.807) is 27.9 Å². The predicted octanol–water partition coefficient (Wildman–Crippen LogP) is 2.67. The number of carboxylic acid groups (broad SMARTS) is 3. The molecule has 4 aliphatic heterocycles. The number of methoxy groups -OCH3 is 1. The zero-order valence-electron chi connectivity index (χ0n) is 42.4. The van der Waals surface area contributed by atoms with E-state index in [-0.39, 0.29) is 38.0 Å². The number of fused-ring (bicyclic) bond motifs is 2. The van der Waals surface area contributed by atoms with Crippen LogP contribution < -0.4 is 19.9 Å². The summed E-state index contributed by atoms with van der Waals surface area (Å²) < 4.78 is 5.45. The lowest BCUT2D eigenvalue weighted by atomic mass is 10.0. The van der Waals surface area contributed by atoms with E-state index in [1.165, 1.54) is 25.8 Å². The molecule has 0 aliphatic carbocycles. The van der Waals surface area contributed by atoms with E-state index in [0.29, 0.717) is 84.5 Å². The molecule has 0 saturated carbocycles. The van der Waals surface area contributed by atoms with Crippen LogP contribution in [0.1, 0.15) is 43.9 Å². The quantitative estimate of drug-likeness (QED) is 0.112. The van der Waals surface area contributed by atoms with Gasteiger partial charge in [-0.25, -0.2) is 0 Å². The fourth-order valence-corrected chi connectivity index (χ4v) is 9.77. The Hall–Kier alpha value is -6.15. The summed E-state index contributed by atoms with van der Waals surface area (Å²) in [5.74, 6) is -2.14. The van der Waals surface area contributed by atoms with E-state index < -0.39 is 17.9 Å². The van der Waals surface area contributed by atoms with Gasteiger partial charge in [0.2, 0.25) is 11.8 Å². The van der Waals surface area contributed by atoms with Crippen LogP contribution in [-0.2, 0) is 36.9 Å². The van der Waals surface area contributed by atoms with E-state index in [0.717, 1.165) is 97.1 Å². The highest BCUT2D eigenvalue weighted by molar-refractivity contribution is 6.36. The van der Waals surface area contributed by atoms with Gasteiger partial charge in [0.15, 0.2) is 0 Å². The monoisotopic (exact) mass is 1030 g/mol. The number of halogens is 1. The van der Waals surface area contributed by atoms with Gasteiger partial charge < -0.3 is 45.0 Å². The number of aliphatic carboxylic acids is 3. The van der Waals surface area contributed by atoms with E-state index in [1.807, 2.05) is 21.9 Å². The van der Waals surface area contributed by atoms with Gasteiger partial charge >= 0.3 is 23.9 Å². The zero-order chi connectivity index (χ0) is 52.7. The first kappa shape index (κ1) is 57.7. The van der Waals surface area contributed by atoms with Gasteiger partial charge in [-0.1, -0.05) is 42.4 Å². The maximum Gasteiger partial charge on any atom is 0.318 e. The van der Waals surface area contributed by atoms with Crippen molar-refractivity contribution in [1.82, 2.24) is 44.7 Å². The van der Waals surface area contributed by atoms with Crippen LogP contribution >= 0.6 is 11.6 Å². The number of hydrogen-bond acceptors (Lipinski definition) is 16. The lowest BCUT2D eigenvalue weighted by Gasteiger charge is -2.38. The fourth-order valence-electron chi connectivity index (χ4n) is 9.49. The predicted molar refractivity (Wildman–Crippen MR) is 279 cm³/mol. The standard InChI is InChI=1S/C25H26ClN5O2.C24H44N6O7.C2H3N/c1-3-22(32)29-12-14-30(15-13-29)24-18-10-11-31(16-20(18)27-25(28-24)33-2)21-9-5-7-17-6-4-8-19(26)23(17)21;31-21(25-5-1-2-6-26-7-3-4-8-26)17-27-9-11-28(18-22(32)33)13-15-30(20-24(36)37)16-14-29(12-10-27)19-23(34)35;1-2-3/h3-9H,1,10-16H2,2H3;1-20H2,(H,25,31)(H,32,33)(H,34,35)(H,36,37);1H3. The highest BCUT2D eigenvalue weighted by Crippen LogP contribution is 2.37. The fraction of sp³-hybridized carbons (Fsp3) is 0.569. The van der Waals surface area contributed by atoms with Crippen LogP contribution in [-0.4, -0.2) is 229 Å². The Bertz CT molecular complexity index is 2320. The van der Waals surface area contributed by atoms with Crippen molar-refractivity contribution in [1.29, 1.82) is 5.26 Å². The molecular weight excluding hydrogens is 960 g/mol. The van der Waals surface area contributed by atoms with Gasteiger partial charge in [0.1, 0.15) is 5.82 Å². The van der Waals surface area contributed by atoms with Gasteiger partial charge in [-0.2, -0.15) is 15.2 Å². The van der Waals surface area contributed by atoms with E-state index >= 15 is 0 Å². The molecule has 22 heteroatoms. The molecule has 398 valence electrons. The molecular formula is C51H73ClN12O9. The summed E-state index contributed by atoms with van der Waals surface area (Å²) >= 11 is 6.59. The van der Waals surface area contributed by atoms with Gasteiger partial charge in [-0.05, 0) is 75.3 Å². The first-order valence-corrected chi connectivity index (χ1v) is 25.5. The Morgan fingerprint density at radius 1 is 0.726 bits per heavy atom. The van der Waals surface area contributed by atoms with Gasteiger partial charge in [-0.15, -0.1) is 0 Å². The molecule has 0 radical (unpaired) electrons. The number of nitriles is 1. The van der Waals surface area contributed by atoms with Gasteiger partial charge in [0, 0.05) is 115 Å². The van der Waals surface area contributed by atoms with E-state index in [4.69, 9.17) is 31.6 Å². The molecule has 2 aromatic carbocycles. The van der Waals surface area contributed by atoms with Crippen molar-refractivity contribution < 1.29 is 44.0 Å². The SMILES string of the molecule is C=CC(=O)N1CCN(c2nc(OC)nc3c2CCN(c2cccc4cccc(Cl)c24)C3)CC1.CC#N.O=C(O)CN1CCN(CC(=O)O)CCN(CC(=O)NCCCCN2CCCC2)CCN(CC(=O)O)CC1. The summed E-state index contributed by atoms with van der Waals surface area (Å²) in [5, 5.41) is 41.1. The van der Waals surface area contributed by atoms with E-state index in [2.05, 4.69) is 50.9 Å². The Kier molecular flexibility index (Phi) is 23.8. The molecule has 3 saturated heterocycles. The summed E-state index contributed by atoms with van der Waals surface area (Å²) in [7, 11) is 1.59. The van der Waals surface area contributed by atoms with Crippen molar-refractivity contribution in [3.05, 3.63) is 65.3 Å². The molecule has 3 fully saturated rings. The van der Waals surface area contributed by atoms with Crippen LogP contribution in [0.25, 0.3) is 10.8 Å². The molecule has 0 bridgehead atoms. The zero-order valence-corrected chi connectivity index (χ0v) is 43.2. The molecule has 4 aliphatic rings.